The van der Waals surface area contributed by atoms with Crippen LogP contribution >= 0.6 is 0 Å². The lowest BCUT2D eigenvalue weighted by atomic mass is 10.1. The highest BCUT2D eigenvalue weighted by molar-refractivity contribution is 5.93. The molecule has 3 N–H and O–H groups in total. The molecule has 1 heterocycles. The van der Waals surface area contributed by atoms with E-state index in [0.29, 0.717) is 0 Å². The van der Waals surface area contributed by atoms with Gasteiger partial charge in [0.1, 0.15) is 5.82 Å². The minimum absolute atomic E-state index is 0.216. The molecule has 4 nitrogen and oxygen atoms in total. The molecule has 1 saturated heterocycles. The Morgan fingerprint density at radius 1 is 1.31 bits per heavy atom. The average Bonchev–Trinajstić information content (AvgIpc) is 2.29. The van der Waals surface area contributed by atoms with Crippen LogP contribution in [0, 0.1) is 5.82 Å². The van der Waals surface area contributed by atoms with Crippen molar-refractivity contribution in [3.63, 3.8) is 0 Å². The summed E-state index contributed by atoms with van der Waals surface area (Å²) >= 11 is 0. The Balaban J connectivity index is 2.28. The second-order valence-corrected chi connectivity index (χ2v) is 3.80. The summed E-state index contributed by atoms with van der Waals surface area (Å²) < 4.78 is 13.3. The van der Waals surface area contributed by atoms with E-state index in [2.05, 4.69) is 5.32 Å². The molecule has 86 valence electrons. The summed E-state index contributed by atoms with van der Waals surface area (Å²) in [6.45, 7) is 3.34. The fraction of sp³-hybridized carbons (Fsp3) is 0.364. The summed E-state index contributed by atoms with van der Waals surface area (Å²) in [6.07, 6.45) is 0. The third-order valence-corrected chi connectivity index (χ3v) is 2.65. The van der Waals surface area contributed by atoms with E-state index in [1.807, 2.05) is 4.90 Å². The van der Waals surface area contributed by atoms with Gasteiger partial charge in [0, 0.05) is 37.4 Å². The van der Waals surface area contributed by atoms with Gasteiger partial charge in [-0.05, 0) is 18.2 Å². The van der Waals surface area contributed by atoms with E-state index >= 15 is 0 Å². The number of halogens is 1. The lowest BCUT2D eigenvalue weighted by molar-refractivity contribution is 0.1000. The molecule has 5 heteroatoms. The zero-order valence-corrected chi connectivity index (χ0v) is 8.87. The highest BCUT2D eigenvalue weighted by Crippen LogP contribution is 2.18. The second kappa shape index (κ2) is 4.49. The smallest absolute Gasteiger partial charge is 0.248 e. The number of hydrogen-bond acceptors (Lipinski definition) is 3. The van der Waals surface area contributed by atoms with Crippen molar-refractivity contribution in [2.75, 3.05) is 31.1 Å². The van der Waals surface area contributed by atoms with Gasteiger partial charge in [-0.25, -0.2) is 4.39 Å². The van der Waals surface area contributed by atoms with Crippen LogP contribution in [0.2, 0.25) is 0 Å². The summed E-state index contributed by atoms with van der Waals surface area (Å²) in [4.78, 5) is 13.0. The predicted molar refractivity (Wildman–Crippen MR) is 60.0 cm³/mol. The maximum absolute atomic E-state index is 13.3. The molecule has 0 atom stereocenters. The maximum atomic E-state index is 13.3. The van der Waals surface area contributed by atoms with Gasteiger partial charge in [0.2, 0.25) is 5.91 Å². The van der Waals surface area contributed by atoms with Crippen molar-refractivity contribution in [2.45, 2.75) is 0 Å². The monoisotopic (exact) mass is 223 g/mol. The Hall–Kier alpha value is -1.62. The van der Waals surface area contributed by atoms with Crippen LogP contribution in [0.3, 0.4) is 0 Å². The van der Waals surface area contributed by atoms with Crippen molar-refractivity contribution in [3.8, 4) is 0 Å². The van der Waals surface area contributed by atoms with E-state index in [-0.39, 0.29) is 5.56 Å². The molecule has 1 aliphatic heterocycles. The number of benzene rings is 1. The maximum Gasteiger partial charge on any atom is 0.248 e. The van der Waals surface area contributed by atoms with Crippen LogP contribution in [0.15, 0.2) is 18.2 Å². The van der Waals surface area contributed by atoms with E-state index in [9.17, 15) is 9.18 Å². The molecular formula is C11H14FN3O. The first kappa shape index (κ1) is 10.9. The Kier molecular flexibility index (Phi) is 3.05. The van der Waals surface area contributed by atoms with Gasteiger partial charge >= 0.3 is 0 Å². The lowest BCUT2D eigenvalue weighted by Crippen LogP contribution is -2.43. The lowest BCUT2D eigenvalue weighted by Gasteiger charge is -2.29. The number of carbonyl (C=O) groups is 1. The summed E-state index contributed by atoms with van der Waals surface area (Å²) in [5.74, 6) is -1.03. The van der Waals surface area contributed by atoms with Crippen molar-refractivity contribution in [3.05, 3.63) is 29.6 Å². The molecule has 1 aliphatic rings. The van der Waals surface area contributed by atoms with Crippen LogP contribution in [0.25, 0.3) is 0 Å². The molecule has 1 amide bonds. The number of nitrogens with zero attached hydrogens (tertiary/aromatic N) is 1. The largest absolute Gasteiger partial charge is 0.369 e. The van der Waals surface area contributed by atoms with Gasteiger partial charge in [-0.1, -0.05) is 0 Å². The van der Waals surface area contributed by atoms with Gasteiger partial charge in [0.05, 0.1) is 0 Å². The fourth-order valence-electron chi connectivity index (χ4n) is 1.82. The first-order chi connectivity index (χ1) is 7.66. The number of nitrogens with one attached hydrogen (secondary N) is 1. The van der Waals surface area contributed by atoms with Gasteiger partial charge in [-0.3, -0.25) is 4.79 Å². The van der Waals surface area contributed by atoms with Crippen LogP contribution in [0.1, 0.15) is 10.4 Å². The topological polar surface area (TPSA) is 58.4 Å². The molecule has 0 aliphatic carbocycles. The average molecular weight is 223 g/mol. The molecule has 0 bridgehead atoms. The predicted octanol–water partition coefficient (Wildman–Crippen LogP) is 0.334. The molecule has 0 radical (unpaired) electrons. The van der Waals surface area contributed by atoms with E-state index < -0.39 is 11.7 Å². The quantitative estimate of drug-likeness (QED) is 0.760. The number of hydrogen-bond donors (Lipinski definition) is 2. The number of piperazine rings is 1. The van der Waals surface area contributed by atoms with Gasteiger partial charge in [0.15, 0.2) is 0 Å². The Labute approximate surface area is 93.2 Å². The van der Waals surface area contributed by atoms with Crippen molar-refractivity contribution < 1.29 is 9.18 Å². The highest BCUT2D eigenvalue weighted by Gasteiger charge is 2.13. The first-order valence-corrected chi connectivity index (χ1v) is 5.23. The van der Waals surface area contributed by atoms with Crippen LogP contribution in [-0.4, -0.2) is 32.1 Å². The molecule has 0 spiro atoms. The Bertz CT molecular complexity index is 402. The molecule has 1 aromatic rings. The van der Waals surface area contributed by atoms with Crippen molar-refractivity contribution in [1.82, 2.24) is 5.32 Å². The first-order valence-electron chi connectivity index (χ1n) is 5.23. The normalized spacial score (nSPS) is 16.2. The SMILES string of the molecule is NC(=O)c1cc(F)cc(N2CCNCC2)c1. The van der Waals surface area contributed by atoms with Gasteiger partial charge in [0.25, 0.3) is 0 Å². The third-order valence-electron chi connectivity index (χ3n) is 2.65. The molecule has 2 rings (SSSR count). The number of anilines is 1. The Morgan fingerprint density at radius 2 is 2.00 bits per heavy atom. The molecular weight excluding hydrogens is 209 g/mol. The molecule has 1 aromatic carbocycles. The zero-order chi connectivity index (χ0) is 11.5. The van der Waals surface area contributed by atoms with Crippen LogP contribution in [0.5, 0.6) is 0 Å². The number of amides is 1. The highest BCUT2D eigenvalue weighted by atomic mass is 19.1. The molecule has 0 saturated carbocycles. The van der Waals surface area contributed by atoms with Crippen LogP contribution in [0.4, 0.5) is 10.1 Å². The fourth-order valence-corrected chi connectivity index (χ4v) is 1.82. The standard InChI is InChI=1S/C11H14FN3O/c12-9-5-8(11(13)16)6-10(7-9)15-3-1-14-2-4-15/h5-7,14H,1-4H2,(H2,13,16). The second-order valence-electron chi connectivity index (χ2n) is 3.80. The molecule has 0 aromatic heterocycles. The molecule has 16 heavy (non-hydrogen) atoms. The summed E-state index contributed by atoms with van der Waals surface area (Å²) in [5, 5.41) is 3.21. The van der Waals surface area contributed by atoms with Crippen molar-refractivity contribution in [2.24, 2.45) is 5.73 Å². The van der Waals surface area contributed by atoms with E-state index in [1.54, 1.807) is 6.07 Å². The minimum Gasteiger partial charge on any atom is -0.369 e. The number of primary amides is 1. The van der Waals surface area contributed by atoms with Crippen LogP contribution < -0.4 is 16.0 Å². The van der Waals surface area contributed by atoms with E-state index in [4.69, 9.17) is 5.73 Å². The number of carbonyl (C=O) groups excluding carboxylic acids is 1. The number of rotatable bonds is 2. The van der Waals surface area contributed by atoms with Crippen molar-refractivity contribution >= 4 is 11.6 Å². The minimum atomic E-state index is -0.601. The van der Waals surface area contributed by atoms with Gasteiger partial charge in [-0.15, -0.1) is 0 Å². The molecule has 0 unspecified atom stereocenters. The van der Waals surface area contributed by atoms with Gasteiger partial charge in [-0.2, -0.15) is 0 Å². The third kappa shape index (κ3) is 2.30. The van der Waals surface area contributed by atoms with E-state index in [1.165, 1.54) is 6.07 Å². The van der Waals surface area contributed by atoms with Gasteiger partial charge < -0.3 is 16.0 Å². The summed E-state index contributed by atoms with van der Waals surface area (Å²) in [5.41, 5.74) is 6.08. The number of nitrogens with two attached hydrogens (primary N) is 1. The summed E-state index contributed by atoms with van der Waals surface area (Å²) in [7, 11) is 0. The Morgan fingerprint density at radius 3 is 2.62 bits per heavy atom. The van der Waals surface area contributed by atoms with Crippen LogP contribution in [-0.2, 0) is 0 Å². The van der Waals surface area contributed by atoms with Crippen molar-refractivity contribution in [1.29, 1.82) is 0 Å². The summed E-state index contributed by atoms with van der Waals surface area (Å²) in [6, 6.07) is 4.22. The van der Waals surface area contributed by atoms with E-state index in [0.717, 1.165) is 37.9 Å². The molecule has 1 fully saturated rings. The zero-order valence-electron chi connectivity index (χ0n) is 8.87.